The van der Waals surface area contributed by atoms with Crippen molar-refractivity contribution in [2.24, 2.45) is 0 Å². The Hall–Kier alpha value is -3.57. The van der Waals surface area contributed by atoms with Crippen molar-refractivity contribution in [3.8, 4) is 11.5 Å². The highest BCUT2D eigenvalue weighted by atomic mass is 35.5. The number of thioether (sulfide) groups is 1. The summed E-state index contributed by atoms with van der Waals surface area (Å²) >= 11 is 14.9. The summed E-state index contributed by atoms with van der Waals surface area (Å²) in [5.41, 5.74) is 1.71. The van der Waals surface area contributed by atoms with Gasteiger partial charge in [-0.05, 0) is 67.4 Å². The van der Waals surface area contributed by atoms with Crippen LogP contribution >= 0.6 is 46.3 Å². The number of benzene rings is 3. The number of aromatic nitrogens is 2. The number of carbonyl (C=O) groups excluding carboxylic acids is 2. The molecule has 42 heavy (non-hydrogen) atoms. The van der Waals surface area contributed by atoms with E-state index < -0.39 is 17.7 Å². The smallest absolute Gasteiger partial charge is 0.301 e. The normalized spacial score (nSPS) is 16.2. The molecule has 5 rings (SSSR count). The maximum absolute atomic E-state index is 13.6. The van der Waals surface area contributed by atoms with Crippen LogP contribution in [0.3, 0.4) is 0 Å². The molecule has 0 saturated carbocycles. The van der Waals surface area contributed by atoms with Crippen LogP contribution in [-0.2, 0) is 15.3 Å². The number of hydrogen-bond acceptors (Lipinski definition) is 9. The van der Waals surface area contributed by atoms with Crippen molar-refractivity contribution in [1.29, 1.82) is 0 Å². The van der Waals surface area contributed by atoms with E-state index in [0.29, 0.717) is 56.0 Å². The van der Waals surface area contributed by atoms with Gasteiger partial charge in [0.15, 0.2) is 15.8 Å². The Morgan fingerprint density at radius 2 is 1.69 bits per heavy atom. The van der Waals surface area contributed by atoms with Crippen LogP contribution in [0.15, 0.2) is 76.6 Å². The van der Waals surface area contributed by atoms with Crippen LogP contribution in [-0.4, -0.2) is 40.2 Å². The summed E-state index contributed by atoms with van der Waals surface area (Å²) in [5.74, 6) is -0.499. The molecule has 2 heterocycles. The number of Topliss-reactive ketones (excluding diaryl/α,β-unsaturated/α-hetero) is 1. The predicted molar refractivity (Wildman–Crippen MR) is 166 cm³/mol. The molecule has 1 saturated heterocycles. The number of halogens is 2. The van der Waals surface area contributed by atoms with Crippen LogP contribution in [0.25, 0.3) is 5.76 Å². The second-order valence-electron chi connectivity index (χ2n) is 8.98. The molecular weight excluding hydrogens is 617 g/mol. The number of aliphatic hydroxyl groups excluding tert-OH is 1. The number of carbonyl (C=O) groups is 2. The summed E-state index contributed by atoms with van der Waals surface area (Å²) in [6.07, 6.45) is 0. The molecule has 1 fully saturated rings. The summed E-state index contributed by atoms with van der Waals surface area (Å²) in [5, 5.41) is 21.2. The number of nitrogens with zero attached hydrogens (tertiary/aromatic N) is 3. The molecule has 1 aromatic heterocycles. The van der Waals surface area contributed by atoms with Gasteiger partial charge < -0.3 is 14.6 Å². The molecule has 1 aliphatic rings. The molecule has 12 heteroatoms. The predicted octanol–water partition coefficient (Wildman–Crippen LogP) is 7.56. The third-order valence-corrected chi connectivity index (χ3v) is 9.08. The summed E-state index contributed by atoms with van der Waals surface area (Å²) in [4.78, 5) is 28.4. The minimum atomic E-state index is -1.01. The van der Waals surface area contributed by atoms with Crippen LogP contribution in [0.1, 0.15) is 36.6 Å². The molecular formula is C30H25Cl2N3O5S2. The van der Waals surface area contributed by atoms with Gasteiger partial charge in [-0.15, -0.1) is 10.2 Å². The summed E-state index contributed by atoms with van der Waals surface area (Å²) in [6, 6.07) is 18.0. The standard InChI is InChI=1S/C30H25Cl2N3O5S2/c1-3-39-22-14-11-18(15-23(22)40-4-2)25-24(26(36)17-9-12-20(31)13-10-17)27(37)28(38)35(25)29-33-34-30(42-29)41-16-19-7-5-6-8-21(19)32/h5-15,25,36H,3-4,16H2,1-2H3. The fourth-order valence-corrected chi connectivity index (χ4v) is 6.74. The second kappa shape index (κ2) is 13.2. The van der Waals surface area contributed by atoms with Crippen molar-refractivity contribution < 1.29 is 24.2 Å². The number of anilines is 1. The lowest BCUT2D eigenvalue weighted by molar-refractivity contribution is -0.132. The molecule has 0 aliphatic carbocycles. The number of amides is 1. The van der Waals surface area contributed by atoms with Gasteiger partial charge in [0.25, 0.3) is 5.78 Å². The molecule has 1 atom stereocenters. The fraction of sp³-hybridized carbons (Fsp3) is 0.200. The van der Waals surface area contributed by atoms with Gasteiger partial charge in [-0.1, -0.05) is 70.6 Å². The highest BCUT2D eigenvalue weighted by molar-refractivity contribution is 8.00. The van der Waals surface area contributed by atoms with E-state index in [9.17, 15) is 14.7 Å². The highest BCUT2D eigenvalue weighted by Gasteiger charge is 2.48. The lowest BCUT2D eigenvalue weighted by atomic mass is 9.95. The minimum absolute atomic E-state index is 0.0885. The molecule has 1 aliphatic heterocycles. The molecule has 0 radical (unpaired) electrons. The van der Waals surface area contributed by atoms with E-state index in [1.54, 1.807) is 42.5 Å². The van der Waals surface area contributed by atoms with E-state index >= 15 is 0 Å². The van der Waals surface area contributed by atoms with Crippen LogP contribution in [0.2, 0.25) is 10.0 Å². The molecule has 216 valence electrons. The van der Waals surface area contributed by atoms with Crippen LogP contribution in [0.5, 0.6) is 11.5 Å². The van der Waals surface area contributed by atoms with E-state index in [2.05, 4.69) is 10.2 Å². The monoisotopic (exact) mass is 641 g/mol. The first-order valence-electron chi connectivity index (χ1n) is 13.0. The Bertz CT molecular complexity index is 1660. The molecule has 4 aromatic rings. The Morgan fingerprint density at radius 3 is 2.40 bits per heavy atom. The average Bonchev–Trinajstić information content (AvgIpc) is 3.55. The molecule has 1 N–H and O–H groups in total. The first-order chi connectivity index (χ1) is 20.3. The second-order valence-corrected chi connectivity index (χ2v) is 12.0. The molecule has 8 nitrogen and oxygen atoms in total. The number of ether oxygens (including phenoxy) is 2. The SMILES string of the molecule is CCOc1ccc(C2C(=C(O)c3ccc(Cl)cc3)C(=O)C(=O)N2c2nnc(SCc3ccccc3Cl)s2)cc1OCC. The third kappa shape index (κ3) is 6.12. The summed E-state index contributed by atoms with van der Waals surface area (Å²) < 4.78 is 12.1. The Kier molecular flexibility index (Phi) is 9.37. The average molecular weight is 643 g/mol. The Morgan fingerprint density at radius 1 is 0.976 bits per heavy atom. The molecule has 0 bridgehead atoms. The van der Waals surface area contributed by atoms with Crippen molar-refractivity contribution in [2.45, 2.75) is 30.0 Å². The van der Waals surface area contributed by atoms with E-state index in [4.69, 9.17) is 32.7 Å². The van der Waals surface area contributed by atoms with Gasteiger partial charge in [0, 0.05) is 21.4 Å². The zero-order valence-corrected chi connectivity index (χ0v) is 25.7. The van der Waals surface area contributed by atoms with Gasteiger partial charge in [0.05, 0.1) is 24.8 Å². The van der Waals surface area contributed by atoms with Crippen molar-refractivity contribution in [3.63, 3.8) is 0 Å². The third-order valence-electron chi connectivity index (χ3n) is 6.36. The quantitative estimate of drug-likeness (QED) is 0.0622. The van der Waals surface area contributed by atoms with Crippen molar-refractivity contribution >= 4 is 68.9 Å². The van der Waals surface area contributed by atoms with Gasteiger partial charge in [-0.3, -0.25) is 14.5 Å². The first kappa shape index (κ1) is 29.9. The lowest BCUT2D eigenvalue weighted by Crippen LogP contribution is -2.29. The number of rotatable bonds is 10. The highest BCUT2D eigenvalue weighted by Crippen LogP contribution is 2.45. The van der Waals surface area contributed by atoms with E-state index in [0.717, 1.165) is 5.56 Å². The summed E-state index contributed by atoms with van der Waals surface area (Å²) in [7, 11) is 0. The van der Waals surface area contributed by atoms with Crippen LogP contribution in [0, 0.1) is 0 Å². The number of aliphatic hydroxyl groups is 1. The van der Waals surface area contributed by atoms with Gasteiger partial charge >= 0.3 is 5.91 Å². The molecule has 0 spiro atoms. The zero-order valence-electron chi connectivity index (χ0n) is 22.5. The lowest BCUT2D eigenvalue weighted by Gasteiger charge is -2.23. The maximum atomic E-state index is 13.6. The van der Waals surface area contributed by atoms with Gasteiger partial charge in [-0.25, -0.2) is 0 Å². The Balaban J connectivity index is 1.59. The van der Waals surface area contributed by atoms with E-state index in [1.807, 2.05) is 38.1 Å². The summed E-state index contributed by atoms with van der Waals surface area (Å²) in [6.45, 7) is 4.50. The first-order valence-corrected chi connectivity index (χ1v) is 15.5. The van der Waals surface area contributed by atoms with Gasteiger partial charge in [0.2, 0.25) is 5.13 Å². The molecule has 1 unspecified atom stereocenters. The largest absolute Gasteiger partial charge is 0.507 e. The molecule has 1 amide bonds. The van der Waals surface area contributed by atoms with Gasteiger partial charge in [0.1, 0.15) is 5.76 Å². The number of ketones is 1. The zero-order chi connectivity index (χ0) is 29.8. The maximum Gasteiger partial charge on any atom is 0.301 e. The van der Waals surface area contributed by atoms with Gasteiger partial charge in [-0.2, -0.15) is 0 Å². The minimum Gasteiger partial charge on any atom is -0.507 e. The van der Waals surface area contributed by atoms with E-state index in [-0.39, 0.29) is 16.5 Å². The molecule has 3 aromatic carbocycles. The van der Waals surface area contributed by atoms with Crippen molar-refractivity contribution in [3.05, 3.63) is 99.0 Å². The number of hydrogen-bond donors (Lipinski definition) is 1. The van der Waals surface area contributed by atoms with Crippen molar-refractivity contribution in [1.82, 2.24) is 10.2 Å². The van der Waals surface area contributed by atoms with E-state index in [1.165, 1.54) is 28.0 Å². The van der Waals surface area contributed by atoms with Crippen LogP contribution < -0.4 is 14.4 Å². The fourth-order valence-electron chi connectivity index (χ4n) is 4.46. The van der Waals surface area contributed by atoms with Crippen molar-refractivity contribution in [2.75, 3.05) is 18.1 Å². The Labute approximate surface area is 260 Å². The topological polar surface area (TPSA) is 102 Å². The van der Waals surface area contributed by atoms with Crippen LogP contribution in [0.4, 0.5) is 5.13 Å².